The summed E-state index contributed by atoms with van der Waals surface area (Å²) in [6, 6.07) is 0. The molecule has 0 unspecified atom stereocenters. The molecule has 0 N–H and O–H groups in total. The van der Waals surface area contributed by atoms with Gasteiger partial charge in [0.2, 0.25) is 0 Å². The van der Waals surface area contributed by atoms with Crippen molar-refractivity contribution in [2.45, 2.75) is 44.8 Å². The number of imidazole rings is 1. The molecule has 2 heterocycles. The number of aromatic nitrogens is 4. The second kappa shape index (κ2) is 5.97. The first-order valence-electron chi connectivity index (χ1n) is 6.46. The Hall–Kier alpha value is -1.34. The summed E-state index contributed by atoms with van der Waals surface area (Å²) in [5, 5.41) is 4.11. The van der Waals surface area contributed by atoms with E-state index >= 15 is 0 Å². The van der Waals surface area contributed by atoms with Crippen LogP contribution in [0.25, 0.3) is 0 Å². The van der Waals surface area contributed by atoms with Crippen LogP contribution in [-0.4, -0.2) is 27.7 Å². The van der Waals surface area contributed by atoms with Crippen LogP contribution in [-0.2, 0) is 28.6 Å². The summed E-state index contributed by atoms with van der Waals surface area (Å²) in [6.45, 7) is 5.36. The molecular formula is C12H17ClN4O2S. The zero-order valence-electron chi connectivity index (χ0n) is 11.5. The van der Waals surface area contributed by atoms with Crippen molar-refractivity contribution in [3.05, 3.63) is 30.0 Å². The van der Waals surface area contributed by atoms with Crippen LogP contribution in [0.2, 0.25) is 0 Å². The van der Waals surface area contributed by atoms with E-state index in [1.54, 1.807) is 6.20 Å². The van der Waals surface area contributed by atoms with E-state index in [0.717, 1.165) is 24.4 Å². The van der Waals surface area contributed by atoms with Crippen LogP contribution in [0.15, 0.2) is 23.6 Å². The van der Waals surface area contributed by atoms with Gasteiger partial charge in [0, 0.05) is 41.6 Å². The Morgan fingerprint density at radius 1 is 1.30 bits per heavy atom. The number of hydrogen-bond donors (Lipinski definition) is 0. The number of aryl methyl sites for hydroxylation is 2. The average molecular weight is 317 g/mol. The van der Waals surface area contributed by atoms with Gasteiger partial charge < -0.3 is 4.57 Å². The summed E-state index contributed by atoms with van der Waals surface area (Å²) >= 11 is 0. The maximum absolute atomic E-state index is 11.4. The minimum atomic E-state index is -3.80. The molecule has 0 radical (unpaired) electrons. The molecule has 0 saturated carbocycles. The molecule has 2 rings (SSSR count). The van der Waals surface area contributed by atoms with Gasteiger partial charge in [-0.3, -0.25) is 4.68 Å². The second-order valence-electron chi connectivity index (χ2n) is 4.52. The standard InChI is InChI=1S/C12H17ClN4O2S/c1-3-5-11-15-12(20(13,18)19)9-16(11)7-10-6-14-17(4-2)8-10/h6,8-9H,3-5,7H2,1-2H3. The Labute approximate surface area is 122 Å². The lowest BCUT2D eigenvalue weighted by Crippen LogP contribution is -2.03. The molecular weight excluding hydrogens is 300 g/mol. The summed E-state index contributed by atoms with van der Waals surface area (Å²) in [6.07, 6.45) is 6.77. The lowest BCUT2D eigenvalue weighted by Gasteiger charge is -2.04. The van der Waals surface area contributed by atoms with Gasteiger partial charge in [0.1, 0.15) is 5.82 Å². The van der Waals surface area contributed by atoms with Crippen LogP contribution < -0.4 is 0 Å². The smallest absolute Gasteiger partial charge is 0.280 e. The Balaban J connectivity index is 2.31. The van der Waals surface area contributed by atoms with E-state index in [2.05, 4.69) is 10.1 Å². The highest BCUT2D eigenvalue weighted by molar-refractivity contribution is 8.13. The van der Waals surface area contributed by atoms with Gasteiger partial charge in [0.25, 0.3) is 9.05 Å². The third-order valence-corrected chi connectivity index (χ3v) is 4.09. The molecule has 8 heteroatoms. The van der Waals surface area contributed by atoms with Gasteiger partial charge in [0.15, 0.2) is 5.03 Å². The maximum atomic E-state index is 11.4. The third kappa shape index (κ3) is 3.40. The molecule has 0 aliphatic rings. The number of halogens is 1. The van der Waals surface area contributed by atoms with E-state index in [9.17, 15) is 8.42 Å². The van der Waals surface area contributed by atoms with E-state index in [-0.39, 0.29) is 5.03 Å². The molecule has 0 amide bonds. The van der Waals surface area contributed by atoms with Gasteiger partial charge in [-0.2, -0.15) is 5.10 Å². The van der Waals surface area contributed by atoms with Crippen LogP contribution in [0.3, 0.4) is 0 Å². The predicted octanol–water partition coefficient (Wildman–Crippen LogP) is 2.03. The zero-order chi connectivity index (χ0) is 14.8. The normalized spacial score (nSPS) is 11.9. The largest absolute Gasteiger partial charge is 0.329 e. The summed E-state index contributed by atoms with van der Waals surface area (Å²) < 4.78 is 26.4. The Morgan fingerprint density at radius 3 is 2.60 bits per heavy atom. The molecule has 2 aromatic heterocycles. The number of rotatable bonds is 6. The van der Waals surface area contributed by atoms with Crippen LogP contribution in [0.1, 0.15) is 31.7 Å². The van der Waals surface area contributed by atoms with Gasteiger partial charge >= 0.3 is 0 Å². The zero-order valence-corrected chi connectivity index (χ0v) is 13.0. The van der Waals surface area contributed by atoms with E-state index in [1.807, 2.05) is 29.3 Å². The van der Waals surface area contributed by atoms with Crippen LogP contribution in [0, 0.1) is 0 Å². The average Bonchev–Trinajstić information content (AvgIpc) is 2.97. The van der Waals surface area contributed by atoms with Gasteiger partial charge in [-0.15, -0.1) is 0 Å². The predicted molar refractivity (Wildman–Crippen MR) is 76.3 cm³/mol. The van der Waals surface area contributed by atoms with Gasteiger partial charge in [-0.05, 0) is 13.3 Å². The van der Waals surface area contributed by atoms with Crippen molar-refractivity contribution in [3.63, 3.8) is 0 Å². The lowest BCUT2D eigenvalue weighted by molar-refractivity contribution is 0.606. The molecule has 0 fully saturated rings. The maximum Gasteiger partial charge on any atom is 0.280 e. The number of nitrogens with zero attached hydrogens (tertiary/aromatic N) is 4. The first-order valence-corrected chi connectivity index (χ1v) is 8.77. The quantitative estimate of drug-likeness (QED) is 0.765. The minimum Gasteiger partial charge on any atom is -0.329 e. The molecule has 2 aromatic rings. The Kier molecular flexibility index (Phi) is 4.49. The SMILES string of the molecule is CCCc1nc(S(=O)(=O)Cl)cn1Cc1cnn(CC)c1. The molecule has 110 valence electrons. The molecule has 0 aromatic carbocycles. The fraction of sp³-hybridized carbons (Fsp3) is 0.500. The van der Waals surface area contributed by atoms with E-state index in [0.29, 0.717) is 13.0 Å². The molecule has 6 nitrogen and oxygen atoms in total. The molecule has 0 spiro atoms. The third-order valence-electron chi connectivity index (χ3n) is 2.92. The number of hydrogen-bond acceptors (Lipinski definition) is 4. The highest BCUT2D eigenvalue weighted by atomic mass is 35.7. The van der Waals surface area contributed by atoms with Gasteiger partial charge in [0.05, 0.1) is 12.7 Å². The minimum absolute atomic E-state index is 0.0921. The fourth-order valence-electron chi connectivity index (χ4n) is 1.96. The van der Waals surface area contributed by atoms with Crippen LogP contribution in [0.5, 0.6) is 0 Å². The lowest BCUT2D eigenvalue weighted by atomic mass is 10.3. The van der Waals surface area contributed by atoms with Crippen LogP contribution >= 0.6 is 10.7 Å². The molecule has 0 atom stereocenters. The first kappa shape index (κ1) is 15.1. The molecule has 20 heavy (non-hydrogen) atoms. The van der Waals surface area contributed by atoms with E-state index in [1.165, 1.54) is 6.20 Å². The van der Waals surface area contributed by atoms with Crippen molar-refractivity contribution in [2.24, 2.45) is 0 Å². The van der Waals surface area contributed by atoms with Crippen molar-refractivity contribution >= 4 is 19.7 Å². The van der Waals surface area contributed by atoms with E-state index < -0.39 is 9.05 Å². The van der Waals surface area contributed by atoms with Crippen molar-refractivity contribution in [2.75, 3.05) is 0 Å². The van der Waals surface area contributed by atoms with Crippen molar-refractivity contribution in [3.8, 4) is 0 Å². The van der Waals surface area contributed by atoms with Crippen LogP contribution in [0.4, 0.5) is 0 Å². The topological polar surface area (TPSA) is 69.8 Å². The highest BCUT2D eigenvalue weighted by Gasteiger charge is 2.17. The first-order chi connectivity index (χ1) is 9.44. The van der Waals surface area contributed by atoms with E-state index in [4.69, 9.17) is 10.7 Å². The summed E-state index contributed by atoms with van der Waals surface area (Å²) in [5.74, 6) is 0.718. The second-order valence-corrected chi connectivity index (χ2v) is 7.03. The summed E-state index contributed by atoms with van der Waals surface area (Å²) in [5.41, 5.74) is 1.00. The summed E-state index contributed by atoms with van der Waals surface area (Å²) in [7, 11) is 1.56. The monoisotopic (exact) mass is 316 g/mol. The van der Waals surface area contributed by atoms with Gasteiger partial charge in [-0.1, -0.05) is 6.92 Å². The molecule has 0 aliphatic carbocycles. The molecule has 0 saturated heterocycles. The molecule has 0 bridgehead atoms. The van der Waals surface area contributed by atoms with Gasteiger partial charge in [-0.25, -0.2) is 13.4 Å². The highest BCUT2D eigenvalue weighted by Crippen LogP contribution is 2.17. The molecule has 0 aliphatic heterocycles. The Morgan fingerprint density at radius 2 is 2.05 bits per heavy atom. The Bertz CT molecular complexity index is 690. The summed E-state index contributed by atoms with van der Waals surface area (Å²) in [4.78, 5) is 4.11. The fourth-order valence-corrected chi connectivity index (χ4v) is 2.65. The van der Waals surface area contributed by atoms with Crippen molar-refractivity contribution in [1.82, 2.24) is 19.3 Å². The van der Waals surface area contributed by atoms with Crippen molar-refractivity contribution in [1.29, 1.82) is 0 Å². The van der Waals surface area contributed by atoms with Crippen molar-refractivity contribution < 1.29 is 8.42 Å².